The van der Waals surface area contributed by atoms with Gasteiger partial charge in [-0.3, -0.25) is 4.79 Å². The van der Waals surface area contributed by atoms with Gasteiger partial charge in [-0.2, -0.15) is 4.99 Å². The van der Waals surface area contributed by atoms with E-state index in [1.54, 1.807) is 19.2 Å². The molecule has 0 aliphatic carbocycles. The minimum atomic E-state index is -0.396. The Morgan fingerprint density at radius 1 is 1.14 bits per heavy atom. The second-order valence-electron chi connectivity index (χ2n) is 6.37. The van der Waals surface area contributed by atoms with Gasteiger partial charge in [-0.25, -0.2) is 4.79 Å². The van der Waals surface area contributed by atoms with Crippen molar-refractivity contribution in [1.82, 2.24) is 4.57 Å². The number of carbonyl (C=O) groups is 2. The largest absolute Gasteiger partial charge is 0.465 e. The summed E-state index contributed by atoms with van der Waals surface area (Å²) in [6.45, 7) is 3.04. The van der Waals surface area contributed by atoms with E-state index in [-0.39, 0.29) is 12.3 Å². The molecular formula is C21H22N2O4S. The molecule has 0 radical (unpaired) electrons. The van der Waals surface area contributed by atoms with E-state index in [1.165, 1.54) is 18.4 Å². The average molecular weight is 398 g/mol. The van der Waals surface area contributed by atoms with Crippen molar-refractivity contribution < 1.29 is 19.1 Å². The zero-order valence-corrected chi connectivity index (χ0v) is 16.9. The maximum Gasteiger partial charge on any atom is 0.337 e. The molecule has 0 saturated carbocycles. The zero-order chi connectivity index (χ0) is 20.1. The van der Waals surface area contributed by atoms with Gasteiger partial charge >= 0.3 is 5.97 Å². The maximum atomic E-state index is 12.5. The van der Waals surface area contributed by atoms with Gasteiger partial charge in [0.25, 0.3) is 5.91 Å². The lowest BCUT2D eigenvalue weighted by Gasteiger charge is -2.05. The predicted octanol–water partition coefficient (Wildman–Crippen LogP) is 3.11. The Morgan fingerprint density at radius 2 is 1.96 bits per heavy atom. The van der Waals surface area contributed by atoms with Crippen molar-refractivity contribution in [1.29, 1.82) is 0 Å². The van der Waals surface area contributed by atoms with Gasteiger partial charge in [0.2, 0.25) is 0 Å². The normalized spacial score (nSPS) is 11.8. The third kappa shape index (κ3) is 4.55. The Hall–Kier alpha value is -2.77. The molecule has 0 bridgehead atoms. The van der Waals surface area contributed by atoms with Crippen LogP contribution in [0.25, 0.3) is 10.2 Å². The second-order valence-corrected chi connectivity index (χ2v) is 7.38. The summed E-state index contributed by atoms with van der Waals surface area (Å²) in [6, 6.07) is 13.2. The molecule has 3 aromatic rings. The van der Waals surface area contributed by atoms with Crippen molar-refractivity contribution >= 4 is 33.4 Å². The van der Waals surface area contributed by atoms with Crippen LogP contribution in [0.3, 0.4) is 0 Å². The summed E-state index contributed by atoms with van der Waals surface area (Å²) in [5, 5.41) is 0. The first-order valence-electron chi connectivity index (χ1n) is 8.85. The van der Waals surface area contributed by atoms with Crippen LogP contribution in [0.1, 0.15) is 21.5 Å². The van der Waals surface area contributed by atoms with Crippen molar-refractivity contribution in [2.24, 2.45) is 4.99 Å². The summed E-state index contributed by atoms with van der Waals surface area (Å²) in [4.78, 5) is 29.3. The summed E-state index contributed by atoms with van der Waals surface area (Å²) in [5.74, 6) is -0.607. The van der Waals surface area contributed by atoms with Gasteiger partial charge in [0, 0.05) is 13.7 Å². The number of nitrogens with zero attached hydrogens (tertiary/aromatic N) is 2. The van der Waals surface area contributed by atoms with E-state index in [0.29, 0.717) is 23.5 Å². The zero-order valence-electron chi connectivity index (χ0n) is 16.1. The molecule has 0 fully saturated rings. The topological polar surface area (TPSA) is 69.9 Å². The molecule has 2 aromatic carbocycles. The van der Waals surface area contributed by atoms with E-state index in [2.05, 4.69) is 4.99 Å². The molecule has 0 N–H and O–H groups in total. The number of ether oxygens (including phenoxy) is 2. The van der Waals surface area contributed by atoms with Crippen LogP contribution in [0.4, 0.5) is 0 Å². The fourth-order valence-corrected chi connectivity index (χ4v) is 4.06. The highest BCUT2D eigenvalue weighted by Crippen LogP contribution is 2.20. The number of amides is 1. The molecular weight excluding hydrogens is 376 g/mol. The first kappa shape index (κ1) is 20.0. The number of benzene rings is 2. The highest BCUT2D eigenvalue weighted by atomic mass is 32.1. The number of esters is 1. The molecule has 1 amide bonds. The molecule has 28 heavy (non-hydrogen) atoms. The summed E-state index contributed by atoms with van der Waals surface area (Å²) >= 11 is 1.37. The number of rotatable bonds is 6. The first-order chi connectivity index (χ1) is 13.5. The van der Waals surface area contributed by atoms with Gasteiger partial charge in [-0.1, -0.05) is 41.2 Å². The van der Waals surface area contributed by atoms with Gasteiger partial charge in [0.05, 0.1) is 35.9 Å². The standard InChI is InChI=1S/C21H22N2O4S/c1-14-5-4-6-15(11-14)12-19(24)22-21-23(9-10-26-2)17-8-7-16(20(25)27-3)13-18(17)28-21/h4-8,11,13H,9-10,12H2,1-3H3. The quantitative estimate of drug-likeness (QED) is 0.598. The molecule has 6 nitrogen and oxygen atoms in total. The van der Waals surface area contributed by atoms with Crippen LogP contribution in [0, 0.1) is 6.92 Å². The number of hydrogen-bond acceptors (Lipinski definition) is 5. The monoisotopic (exact) mass is 398 g/mol. The molecule has 7 heteroatoms. The Morgan fingerprint density at radius 3 is 2.68 bits per heavy atom. The highest BCUT2D eigenvalue weighted by molar-refractivity contribution is 7.16. The Kier molecular flexibility index (Phi) is 6.38. The number of carbonyl (C=O) groups excluding carboxylic acids is 2. The van der Waals surface area contributed by atoms with Gasteiger partial charge in [0.15, 0.2) is 4.80 Å². The molecule has 0 saturated heterocycles. The number of fused-ring (bicyclic) bond motifs is 1. The predicted molar refractivity (Wildman–Crippen MR) is 108 cm³/mol. The fraction of sp³-hybridized carbons (Fsp3) is 0.286. The SMILES string of the molecule is COCCn1c(=NC(=O)Cc2cccc(C)c2)sc2cc(C(=O)OC)ccc21. The van der Waals surface area contributed by atoms with E-state index in [1.807, 2.05) is 41.8 Å². The molecule has 0 spiro atoms. The van der Waals surface area contributed by atoms with Crippen molar-refractivity contribution in [2.75, 3.05) is 20.8 Å². The van der Waals surface area contributed by atoms with E-state index < -0.39 is 5.97 Å². The number of methoxy groups -OCH3 is 2. The molecule has 0 atom stereocenters. The van der Waals surface area contributed by atoms with Crippen molar-refractivity contribution in [3.63, 3.8) is 0 Å². The second kappa shape index (κ2) is 8.95. The van der Waals surface area contributed by atoms with E-state index >= 15 is 0 Å². The number of hydrogen-bond donors (Lipinski definition) is 0. The number of aromatic nitrogens is 1. The Bertz CT molecular complexity index is 1080. The van der Waals surface area contributed by atoms with Gasteiger partial charge < -0.3 is 14.0 Å². The molecule has 0 unspecified atom stereocenters. The van der Waals surface area contributed by atoms with Gasteiger partial charge in [-0.15, -0.1) is 0 Å². The summed E-state index contributed by atoms with van der Waals surface area (Å²) in [5.41, 5.74) is 3.41. The smallest absolute Gasteiger partial charge is 0.337 e. The van der Waals surface area contributed by atoms with E-state index in [0.717, 1.165) is 21.3 Å². The van der Waals surface area contributed by atoms with Crippen molar-refractivity contribution in [2.45, 2.75) is 19.9 Å². The van der Waals surface area contributed by atoms with Crippen LogP contribution in [-0.2, 0) is 27.2 Å². The highest BCUT2D eigenvalue weighted by Gasteiger charge is 2.12. The van der Waals surface area contributed by atoms with Crippen molar-refractivity contribution in [3.05, 3.63) is 64.0 Å². The summed E-state index contributed by atoms with van der Waals surface area (Å²) < 4.78 is 12.8. The fourth-order valence-electron chi connectivity index (χ4n) is 2.94. The molecule has 3 rings (SSSR count). The first-order valence-corrected chi connectivity index (χ1v) is 9.67. The van der Waals surface area contributed by atoms with Crippen molar-refractivity contribution in [3.8, 4) is 0 Å². The summed E-state index contributed by atoms with van der Waals surface area (Å²) in [6.07, 6.45) is 0.244. The third-order valence-corrected chi connectivity index (χ3v) is 5.32. The van der Waals surface area contributed by atoms with Crippen LogP contribution >= 0.6 is 11.3 Å². The lowest BCUT2D eigenvalue weighted by atomic mass is 10.1. The molecule has 0 aliphatic rings. The van der Waals surface area contributed by atoms with Gasteiger partial charge in [0.1, 0.15) is 0 Å². The lowest BCUT2D eigenvalue weighted by Crippen LogP contribution is -2.19. The Labute approximate surface area is 167 Å². The van der Waals surface area contributed by atoms with Crippen LogP contribution in [0.15, 0.2) is 47.5 Å². The average Bonchev–Trinajstić information content (AvgIpc) is 3.01. The third-order valence-electron chi connectivity index (χ3n) is 4.28. The Balaban J connectivity index is 2.00. The van der Waals surface area contributed by atoms with E-state index in [9.17, 15) is 9.59 Å². The number of thiazole rings is 1. The molecule has 1 aromatic heterocycles. The lowest BCUT2D eigenvalue weighted by molar-refractivity contribution is -0.117. The van der Waals surface area contributed by atoms with Crippen LogP contribution in [0.5, 0.6) is 0 Å². The summed E-state index contributed by atoms with van der Waals surface area (Å²) in [7, 11) is 2.98. The molecule has 1 heterocycles. The molecule has 0 aliphatic heterocycles. The van der Waals surface area contributed by atoms with E-state index in [4.69, 9.17) is 9.47 Å². The minimum absolute atomic E-state index is 0.212. The number of aryl methyl sites for hydroxylation is 1. The van der Waals surface area contributed by atoms with Crippen LogP contribution in [0.2, 0.25) is 0 Å². The maximum absolute atomic E-state index is 12.5. The molecule has 146 valence electrons. The minimum Gasteiger partial charge on any atom is -0.465 e. The van der Waals surface area contributed by atoms with Crippen LogP contribution in [-0.4, -0.2) is 37.3 Å². The van der Waals surface area contributed by atoms with Gasteiger partial charge in [-0.05, 0) is 30.7 Å². The van der Waals surface area contributed by atoms with Crippen LogP contribution < -0.4 is 4.80 Å².